The number of benzene rings is 2. The third-order valence-corrected chi connectivity index (χ3v) is 2.91. The van der Waals surface area contributed by atoms with Crippen LogP contribution in [0.4, 0.5) is 0 Å². The van der Waals surface area contributed by atoms with E-state index in [1.165, 1.54) is 0 Å². The van der Waals surface area contributed by atoms with Crippen LogP contribution in [0.5, 0.6) is 0 Å². The molecule has 0 atom stereocenters. The molecule has 0 spiro atoms. The summed E-state index contributed by atoms with van der Waals surface area (Å²) in [4.78, 5) is 0. The van der Waals surface area contributed by atoms with Crippen molar-refractivity contribution in [3.63, 3.8) is 0 Å². The Kier molecular flexibility index (Phi) is 3.20. The van der Waals surface area contributed by atoms with E-state index in [0.29, 0.717) is 15.1 Å². The fourth-order valence-corrected chi connectivity index (χ4v) is 2.06. The van der Waals surface area contributed by atoms with Crippen molar-refractivity contribution in [2.45, 2.75) is 0 Å². The first-order chi connectivity index (χ1) is 7.18. The molecule has 0 bridgehead atoms. The zero-order valence-electron chi connectivity index (χ0n) is 7.60. The Bertz CT molecular complexity index is 492. The summed E-state index contributed by atoms with van der Waals surface area (Å²) in [6.45, 7) is 0. The molecule has 0 aromatic heterocycles. The van der Waals surface area contributed by atoms with Crippen LogP contribution in [-0.2, 0) is 0 Å². The molecule has 0 aliphatic rings. The monoisotopic (exact) mass is 255 g/mol. The minimum Gasteiger partial charge on any atom is -0.0843 e. The van der Waals surface area contributed by atoms with Gasteiger partial charge in [0.15, 0.2) is 0 Å². The smallest absolute Gasteiger partial charge is 0.0499 e. The number of hydrogen-bond acceptors (Lipinski definition) is 0. The van der Waals surface area contributed by atoms with Crippen molar-refractivity contribution in [2.24, 2.45) is 0 Å². The van der Waals surface area contributed by atoms with Crippen LogP contribution >= 0.6 is 34.8 Å². The number of halogens is 3. The predicted octanol–water partition coefficient (Wildman–Crippen LogP) is 5.11. The van der Waals surface area contributed by atoms with E-state index >= 15 is 0 Å². The molecule has 0 fully saturated rings. The Labute approximate surface area is 103 Å². The van der Waals surface area contributed by atoms with Crippen LogP contribution in [-0.4, -0.2) is 0 Å². The lowest BCUT2D eigenvalue weighted by molar-refractivity contribution is 1.61. The highest BCUT2D eigenvalue weighted by molar-refractivity contribution is 6.38. The fourth-order valence-electron chi connectivity index (χ4n) is 1.33. The molecule has 0 saturated heterocycles. The Hall–Kier alpha value is -0.690. The maximum atomic E-state index is 6.08. The van der Waals surface area contributed by atoms with Crippen LogP contribution in [0.15, 0.2) is 36.4 Å². The van der Waals surface area contributed by atoms with Crippen LogP contribution in [0, 0.1) is 6.07 Å². The minimum atomic E-state index is 0.587. The molecule has 2 rings (SSSR count). The molecular weight excluding hydrogens is 250 g/mol. The van der Waals surface area contributed by atoms with Crippen LogP contribution in [0.1, 0.15) is 0 Å². The molecule has 0 unspecified atom stereocenters. The van der Waals surface area contributed by atoms with Crippen molar-refractivity contribution in [1.82, 2.24) is 0 Å². The topological polar surface area (TPSA) is 0 Å². The van der Waals surface area contributed by atoms with Crippen LogP contribution in [0.2, 0.25) is 15.1 Å². The average Bonchev–Trinajstić information content (AvgIpc) is 2.20. The molecule has 2 aromatic carbocycles. The molecule has 0 saturated carbocycles. The van der Waals surface area contributed by atoms with E-state index in [-0.39, 0.29) is 0 Å². The highest BCUT2D eigenvalue weighted by atomic mass is 35.5. The zero-order valence-corrected chi connectivity index (χ0v) is 9.87. The van der Waals surface area contributed by atoms with E-state index in [1.54, 1.807) is 30.3 Å². The van der Waals surface area contributed by atoms with E-state index in [2.05, 4.69) is 6.07 Å². The average molecular weight is 257 g/mol. The largest absolute Gasteiger partial charge is 0.0843 e. The molecule has 3 heteroatoms. The van der Waals surface area contributed by atoms with Gasteiger partial charge in [0.1, 0.15) is 0 Å². The van der Waals surface area contributed by atoms with Gasteiger partial charge in [-0.05, 0) is 30.3 Å². The van der Waals surface area contributed by atoms with E-state index in [1.807, 2.05) is 6.07 Å². The molecule has 15 heavy (non-hydrogen) atoms. The van der Waals surface area contributed by atoms with Gasteiger partial charge in [0, 0.05) is 26.2 Å². The molecule has 0 nitrogen and oxygen atoms in total. The lowest BCUT2D eigenvalue weighted by Crippen LogP contribution is -1.81. The first-order valence-electron chi connectivity index (χ1n) is 4.29. The number of hydrogen-bond donors (Lipinski definition) is 0. The zero-order chi connectivity index (χ0) is 10.8. The molecule has 0 aliphatic carbocycles. The normalized spacial score (nSPS) is 10.3. The van der Waals surface area contributed by atoms with Gasteiger partial charge in [-0.3, -0.25) is 0 Å². The summed E-state index contributed by atoms with van der Waals surface area (Å²) >= 11 is 18.0. The summed E-state index contributed by atoms with van der Waals surface area (Å²) in [6.07, 6.45) is 0. The van der Waals surface area contributed by atoms with Gasteiger partial charge in [0.05, 0.1) is 0 Å². The van der Waals surface area contributed by atoms with Gasteiger partial charge >= 0.3 is 0 Å². The van der Waals surface area contributed by atoms with Crippen LogP contribution < -0.4 is 0 Å². The molecule has 0 amide bonds. The fraction of sp³-hybridized carbons (Fsp3) is 0. The van der Waals surface area contributed by atoms with Crippen molar-refractivity contribution in [3.8, 4) is 11.1 Å². The van der Waals surface area contributed by atoms with Crippen LogP contribution in [0.25, 0.3) is 11.1 Å². The SMILES string of the molecule is Clc1ccc(-c2c[c]ccc2Cl)c(Cl)c1. The molecule has 75 valence electrons. The maximum absolute atomic E-state index is 6.08. The third kappa shape index (κ3) is 2.28. The Morgan fingerprint density at radius 1 is 0.867 bits per heavy atom. The van der Waals surface area contributed by atoms with Crippen molar-refractivity contribution < 1.29 is 0 Å². The van der Waals surface area contributed by atoms with Gasteiger partial charge < -0.3 is 0 Å². The number of rotatable bonds is 1. The minimum absolute atomic E-state index is 0.587. The van der Waals surface area contributed by atoms with E-state index < -0.39 is 0 Å². The van der Waals surface area contributed by atoms with Gasteiger partial charge in [0.2, 0.25) is 0 Å². The summed E-state index contributed by atoms with van der Waals surface area (Å²) in [5, 5.41) is 1.85. The van der Waals surface area contributed by atoms with Crippen molar-refractivity contribution >= 4 is 34.8 Å². The van der Waals surface area contributed by atoms with E-state index in [9.17, 15) is 0 Å². The Balaban J connectivity index is 2.60. The molecule has 0 N–H and O–H groups in total. The maximum Gasteiger partial charge on any atom is 0.0499 e. The van der Waals surface area contributed by atoms with Crippen molar-refractivity contribution in [3.05, 3.63) is 57.5 Å². The highest BCUT2D eigenvalue weighted by Crippen LogP contribution is 2.34. The van der Waals surface area contributed by atoms with E-state index in [0.717, 1.165) is 11.1 Å². The third-order valence-electron chi connectivity index (χ3n) is 2.03. The molecular formula is C12H6Cl3. The lowest BCUT2D eigenvalue weighted by Gasteiger charge is -2.06. The van der Waals surface area contributed by atoms with E-state index in [4.69, 9.17) is 34.8 Å². The lowest BCUT2D eigenvalue weighted by atomic mass is 10.1. The standard InChI is InChI=1S/C12H6Cl3/c13-8-5-6-10(12(15)7-8)9-3-1-2-4-11(9)14/h2-7H. The highest BCUT2D eigenvalue weighted by Gasteiger charge is 2.06. The summed E-state index contributed by atoms with van der Waals surface area (Å²) in [5.41, 5.74) is 1.73. The summed E-state index contributed by atoms with van der Waals surface area (Å²) in [7, 11) is 0. The second-order valence-electron chi connectivity index (χ2n) is 3.03. The molecule has 1 radical (unpaired) electrons. The van der Waals surface area contributed by atoms with Gasteiger partial charge in [-0.15, -0.1) is 0 Å². The van der Waals surface area contributed by atoms with Crippen LogP contribution in [0.3, 0.4) is 0 Å². The van der Waals surface area contributed by atoms with Gasteiger partial charge in [0.25, 0.3) is 0 Å². The predicted molar refractivity (Wildman–Crippen MR) is 65.7 cm³/mol. The molecule has 0 aliphatic heterocycles. The first-order valence-corrected chi connectivity index (χ1v) is 5.43. The second-order valence-corrected chi connectivity index (χ2v) is 4.28. The van der Waals surface area contributed by atoms with Crippen molar-refractivity contribution in [2.75, 3.05) is 0 Å². The summed E-state index contributed by atoms with van der Waals surface area (Å²) in [6, 6.07) is 13.6. The Morgan fingerprint density at radius 3 is 2.33 bits per heavy atom. The van der Waals surface area contributed by atoms with Gasteiger partial charge in [-0.1, -0.05) is 46.9 Å². The molecule has 0 heterocycles. The van der Waals surface area contributed by atoms with Gasteiger partial charge in [-0.25, -0.2) is 0 Å². The Morgan fingerprint density at radius 2 is 1.67 bits per heavy atom. The summed E-state index contributed by atoms with van der Waals surface area (Å²) < 4.78 is 0. The summed E-state index contributed by atoms with van der Waals surface area (Å²) in [5.74, 6) is 0. The quantitative estimate of drug-likeness (QED) is 0.665. The first kappa shape index (κ1) is 10.8. The second kappa shape index (κ2) is 4.44. The van der Waals surface area contributed by atoms with Gasteiger partial charge in [-0.2, -0.15) is 0 Å². The van der Waals surface area contributed by atoms with Crippen molar-refractivity contribution in [1.29, 1.82) is 0 Å². The molecule has 2 aromatic rings.